The average molecular weight is 271 g/mol. The summed E-state index contributed by atoms with van der Waals surface area (Å²) in [6.07, 6.45) is 5.41. The highest BCUT2D eigenvalue weighted by Crippen LogP contribution is 2.23. The molecule has 1 saturated heterocycles. The van der Waals surface area contributed by atoms with Crippen LogP contribution in [0.4, 0.5) is 0 Å². The van der Waals surface area contributed by atoms with Crippen LogP contribution in [0.2, 0.25) is 0 Å². The Hall–Kier alpha value is -0.650. The van der Waals surface area contributed by atoms with Gasteiger partial charge >= 0.3 is 0 Å². The Bertz CT molecular complexity index is 261. The highest BCUT2D eigenvalue weighted by Gasteiger charge is 2.31. The number of amides is 1. The van der Waals surface area contributed by atoms with E-state index >= 15 is 0 Å². The quantitative estimate of drug-likeness (QED) is 0.607. The van der Waals surface area contributed by atoms with Gasteiger partial charge in [0.15, 0.2) is 0 Å². The Morgan fingerprint density at radius 1 is 1.53 bits per heavy atom. The van der Waals surface area contributed by atoms with E-state index in [0.717, 1.165) is 32.4 Å². The van der Waals surface area contributed by atoms with E-state index in [1.165, 1.54) is 12.8 Å². The number of likely N-dealkylation sites (tertiary alicyclic amines) is 1. The lowest BCUT2D eigenvalue weighted by Gasteiger charge is -2.29. The molecule has 0 radical (unpaired) electrons. The van der Waals surface area contributed by atoms with Gasteiger partial charge in [0.1, 0.15) is 0 Å². The Morgan fingerprint density at radius 2 is 2.32 bits per heavy atom. The van der Waals surface area contributed by atoms with Crippen LogP contribution < -0.4 is 11.1 Å². The van der Waals surface area contributed by atoms with Crippen molar-refractivity contribution in [2.45, 2.75) is 51.1 Å². The molecule has 3 N–H and O–H groups in total. The van der Waals surface area contributed by atoms with Gasteiger partial charge in [-0.1, -0.05) is 0 Å². The van der Waals surface area contributed by atoms with Gasteiger partial charge in [0.25, 0.3) is 0 Å². The van der Waals surface area contributed by atoms with Crippen molar-refractivity contribution in [3.63, 3.8) is 0 Å². The lowest BCUT2D eigenvalue weighted by atomic mass is 10.1. The highest BCUT2D eigenvalue weighted by molar-refractivity contribution is 5.81. The minimum atomic E-state index is -0.0344. The molecule has 5 nitrogen and oxygen atoms in total. The SMILES string of the molecule is COCCCNC(=O)C(C)N1CCCC1CCCN. The number of nitrogens with two attached hydrogens (primary N) is 1. The lowest BCUT2D eigenvalue weighted by Crippen LogP contribution is -2.47. The first-order chi connectivity index (χ1) is 9.20. The van der Waals surface area contributed by atoms with E-state index in [1.54, 1.807) is 7.11 Å². The van der Waals surface area contributed by atoms with Crippen molar-refractivity contribution >= 4 is 5.91 Å². The molecule has 1 amide bonds. The van der Waals surface area contributed by atoms with Crippen LogP contribution in [0.3, 0.4) is 0 Å². The third-order valence-electron chi connectivity index (χ3n) is 3.87. The van der Waals surface area contributed by atoms with Gasteiger partial charge in [0, 0.05) is 26.3 Å². The molecule has 2 atom stereocenters. The van der Waals surface area contributed by atoms with Gasteiger partial charge in [-0.15, -0.1) is 0 Å². The number of hydrogen-bond acceptors (Lipinski definition) is 4. The molecule has 0 spiro atoms. The number of carbonyl (C=O) groups excluding carboxylic acids is 1. The molecule has 0 bridgehead atoms. The molecular weight excluding hydrogens is 242 g/mol. The van der Waals surface area contributed by atoms with Crippen LogP contribution in [-0.4, -0.2) is 56.2 Å². The number of nitrogens with one attached hydrogen (secondary N) is 1. The van der Waals surface area contributed by atoms with Crippen molar-refractivity contribution in [1.82, 2.24) is 10.2 Å². The maximum absolute atomic E-state index is 12.1. The summed E-state index contributed by atoms with van der Waals surface area (Å²) in [6.45, 7) is 5.16. The zero-order valence-corrected chi connectivity index (χ0v) is 12.4. The number of rotatable bonds is 9. The predicted octanol–water partition coefficient (Wildman–Crippen LogP) is 0.731. The number of hydrogen-bond donors (Lipinski definition) is 2. The van der Waals surface area contributed by atoms with E-state index in [2.05, 4.69) is 10.2 Å². The summed E-state index contributed by atoms with van der Waals surface area (Å²) in [7, 11) is 1.68. The summed E-state index contributed by atoms with van der Waals surface area (Å²) >= 11 is 0. The molecule has 1 rings (SSSR count). The van der Waals surface area contributed by atoms with Gasteiger partial charge < -0.3 is 15.8 Å². The third-order valence-corrected chi connectivity index (χ3v) is 3.87. The van der Waals surface area contributed by atoms with Gasteiger partial charge in [-0.05, 0) is 52.1 Å². The normalized spacial score (nSPS) is 21.5. The van der Waals surface area contributed by atoms with Crippen molar-refractivity contribution in [3.05, 3.63) is 0 Å². The molecule has 1 heterocycles. The Labute approximate surface area is 116 Å². The van der Waals surface area contributed by atoms with Crippen LogP contribution in [0.5, 0.6) is 0 Å². The first kappa shape index (κ1) is 16.4. The van der Waals surface area contributed by atoms with Crippen LogP contribution >= 0.6 is 0 Å². The van der Waals surface area contributed by atoms with Gasteiger partial charge in [-0.25, -0.2) is 0 Å². The maximum atomic E-state index is 12.1. The summed E-state index contributed by atoms with van der Waals surface area (Å²) in [4.78, 5) is 14.4. The summed E-state index contributed by atoms with van der Waals surface area (Å²) in [5.41, 5.74) is 5.57. The molecule has 0 aliphatic carbocycles. The number of nitrogens with zero attached hydrogens (tertiary/aromatic N) is 1. The average Bonchev–Trinajstić information content (AvgIpc) is 2.88. The van der Waals surface area contributed by atoms with Crippen molar-refractivity contribution in [2.75, 3.05) is 33.4 Å². The maximum Gasteiger partial charge on any atom is 0.237 e. The first-order valence-corrected chi connectivity index (χ1v) is 7.43. The largest absolute Gasteiger partial charge is 0.385 e. The standard InChI is InChI=1S/C14H29N3O2/c1-12(14(18)16-9-5-11-19-2)17-10-4-7-13(17)6-3-8-15/h12-13H,3-11,15H2,1-2H3,(H,16,18). The Balaban J connectivity index is 2.33. The smallest absolute Gasteiger partial charge is 0.237 e. The van der Waals surface area contributed by atoms with Crippen molar-refractivity contribution in [1.29, 1.82) is 0 Å². The molecule has 19 heavy (non-hydrogen) atoms. The summed E-state index contributed by atoms with van der Waals surface area (Å²) in [5.74, 6) is 0.135. The molecule has 0 aromatic heterocycles. The lowest BCUT2D eigenvalue weighted by molar-refractivity contribution is -0.126. The fourth-order valence-electron chi connectivity index (χ4n) is 2.76. The van der Waals surface area contributed by atoms with E-state index in [0.29, 0.717) is 19.2 Å². The molecule has 0 saturated carbocycles. The van der Waals surface area contributed by atoms with E-state index in [-0.39, 0.29) is 11.9 Å². The molecule has 5 heteroatoms. The van der Waals surface area contributed by atoms with Crippen LogP contribution in [0.1, 0.15) is 39.0 Å². The van der Waals surface area contributed by atoms with E-state index in [4.69, 9.17) is 10.5 Å². The molecule has 1 aliphatic heterocycles. The molecule has 1 fully saturated rings. The first-order valence-electron chi connectivity index (χ1n) is 7.43. The zero-order valence-electron chi connectivity index (χ0n) is 12.4. The molecule has 0 aromatic rings. The number of methoxy groups -OCH3 is 1. The minimum absolute atomic E-state index is 0.0344. The molecule has 1 aliphatic rings. The van der Waals surface area contributed by atoms with Crippen molar-refractivity contribution in [3.8, 4) is 0 Å². The molecule has 0 aromatic carbocycles. The second kappa shape index (κ2) is 9.28. The summed E-state index contributed by atoms with van der Waals surface area (Å²) < 4.78 is 4.97. The second-order valence-electron chi connectivity index (χ2n) is 5.28. The molecular formula is C14H29N3O2. The molecule has 2 unspecified atom stereocenters. The third kappa shape index (κ3) is 5.47. The minimum Gasteiger partial charge on any atom is -0.385 e. The van der Waals surface area contributed by atoms with E-state index in [9.17, 15) is 4.79 Å². The molecule has 112 valence electrons. The summed E-state index contributed by atoms with van der Waals surface area (Å²) in [5, 5.41) is 2.99. The monoisotopic (exact) mass is 271 g/mol. The zero-order chi connectivity index (χ0) is 14.1. The van der Waals surface area contributed by atoms with Crippen LogP contribution in [0.25, 0.3) is 0 Å². The fraction of sp³-hybridized carbons (Fsp3) is 0.929. The van der Waals surface area contributed by atoms with Gasteiger partial charge in [-0.3, -0.25) is 9.69 Å². The van der Waals surface area contributed by atoms with Gasteiger partial charge in [0.2, 0.25) is 5.91 Å². The number of ether oxygens (including phenoxy) is 1. The fourth-order valence-corrected chi connectivity index (χ4v) is 2.76. The van der Waals surface area contributed by atoms with Crippen LogP contribution in [-0.2, 0) is 9.53 Å². The highest BCUT2D eigenvalue weighted by atomic mass is 16.5. The van der Waals surface area contributed by atoms with Crippen LogP contribution in [0.15, 0.2) is 0 Å². The van der Waals surface area contributed by atoms with E-state index < -0.39 is 0 Å². The van der Waals surface area contributed by atoms with E-state index in [1.807, 2.05) is 6.92 Å². The van der Waals surface area contributed by atoms with Gasteiger partial charge in [0.05, 0.1) is 6.04 Å². The number of carbonyl (C=O) groups is 1. The summed E-state index contributed by atoms with van der Waals surface area (Å²) in [6, 6.07) is 0.496. The predicted molar refractivity (Wildman–Crippen MR) is 77.0 cm³/mol. The Kier molecular flexibility index (Phi) is 8.02. The topological polar surface area (TPSA) is 67.6 Å². The van der Waals surface area contributed by atoms with Crippen LogP contribution in [0, 0.1) is 0 Å². The second-order valence-corrected chi connectivity index (χ2v) is 5.28. The van der Waals surface area contributed by atoms with Gasteiger partial charge in [-0.2, -0.15) is 0 Å². The van der Waals surface area contributed by atoms with Crippen molar-refractivity contribution < 1.29 is 9.53 Å². The Morgan fingerprint density at radius 3 is 3.00 bits per heavy atom. The van der Waals surface area contributed by atoms with Crippen molar-refractivity contribution in [2.24, 2.45) is 5.73 Å².